The predicted molar refractivity (Wildman–Crippen MR) is 133 cm³/mol. The van der Waals surface area contributed by atoms with Gasteiger partial charge in [-0.3, -0.25) is 4.79 Å². The third-order valence-electron chi connectivity index (χ3n) is 5.87. The van der Waals surface area contributed by atoms with Crippen LogP contribution in [0.25, 0.3) is 0 Å². The molecule has 0 radical (unpaired) electrons. The Balaban J connectivity index is 1.61. The number of anilines is 1. The van der Waals surface area contributed by atoms with Gasteiger partial charge in [0.2, 0.25) is 10.0 Å². The standard InChI is InChI=1S/C27H30N2O4S/c1-20-8-7-11-25(16-20)29(19-23-9-5-4-6-10-23)27(30)24-12-14-26(15-13-24)34(31,32)28-17-21(2)33-22(3)18-28/h4-16,21-22H,17-19H2,1-3H3/t21-,22+. The van der Waals surface area contributed by atoms with E-state index in [4.69, 9.17) is 4.74 Å². The first-order valence-electron chi connectivity index (χ1n) is 11.4. The van der Waals surface area contributed by atoms with E-state index >= 15 is 0 Å². The van der Waals surface area contributed by atoms with E-state index in [9.17, 15) is 13.2 Å². The van der Waals surface area contributed by atoms with Gasteiger partial charge in [0.15, 0.2) is 0 Å². The molecule has 3 aromatic rings. The van der Waals surface area contributed by atoms with Crippen molar-refractivity contribution in [3.63, 3.8) is 0 Å². The molecule has 1 saturated heterocycles. The van der Waals surface area contributed by atoms with Crippen molar-refractivity contribution in [2.75, 3.05) is 18.0 Å². The van der Waals surface area contributed by atoms with Gasteiger partial charge in [0, 0.05) is 24.3 Å². The number of morpholine rings is 1. The highest BCUT2D eigenvalue weighted by atomic mass is 32.2. The summed E-state index contributed by atoms with van der Waals surface area (Å²) in [5.74, 6) is -0.188. The Labute approximate surface area is 201 Å². The summed E-state index contributed by atoms with van der Waals surface area (Å²) in [5, 5.41) is 0. The normalized spacial score (nSPS) is 19.0. The third-order valence-corrected chi connectivity index (χ3v) is 7.71. The van der Waals surface area contributed by atoms with Crippen molar-refractivity contribution in [1.29, 1.82) is 0 Å². The van der Waals surface area contributed by atoms with Gasteiger partial charge in [0.1, 0.15) is 0 Å². The molecular weight excluding hydrogens is 448 g/mol. The second-order valence-corrected chi connectivity index (χ2v) is 10.8. The SMILES string of the molecule is Cc1cccc(N(Cc2ccccc2)C(=O)c2ccc(S(=O)(=O)N3C[C@@H](C)O[C@@H](C)C3)cc2)c1. The van der Waals surface area contributed by atoms with Crippen LogP contribution in [0.2, 0.25) is 0 Å². The lowest BCUT2D eigenvalue weighted by atomic mass is 10.1. The van der Waals surface area contributed by atoms with E-state index in [1.807, 2.05) is 75.4 Å². The summed E-state index contributed by atoms with van der Waals surface area (Å²) < 4.78 is 33.5. The van der Waals surface area contributed by atoms with Crippen LogP contribution in [0.5, 0.6) is 0 Å². The molecule has 0 saturated carbocycles. The molecule has 1 heterocycles. The van der Waals surface area contributed by atoms with Gasteiger partial charge in [0.25, 0.3) is 5.91 Å². The van der Waals surface area contributed by atoms with Crippen molar-refractivity contribution < 1.29 is 17.9 Å². The number of hydrogen-bond acceptors (Lipinski definition) is 4. The first kappa shape index (κ1) is 24.1. The Morgan fingerprint density at radius 3 is 2.21 bits per heavy atom. The van der Waals surface area contributed by atoms with Crippen molar-refractivity contribution in [3.05, 3.63) is 95.6 Å². The monoisotopic (exact) mass is 478 g/mol. The van der Waals surface area contributed by atoms with Gasteiger partial charge in [-0.2, -0.15) is 4.31 Å². The molecule has 7 heteroatoms. The van der Waals surface area contributed by atoms with Crippen molar-refractivity contribution in [1.82, 2.24) is 4.31 Å². The molecule has 4 rings (SSSR count). The van der Waals surface area contributed by atoms with E-state index < -0.39 is 10.0 Å². The van der Waals surface area contributed by atoms with Crippen molar-refractivity contribution in [3.8, 4) is 0 Å². The van der Waals surface area contributed by atoms with Crippen molar-refractivity contribution in [2.45, 2.75) is 44.4 Å². The molecule has 0 aliphatic carbocycles. The van der Waals surface area contributed by atoms with Crippen LogP contribution in [0.3, 0.4) is 0 Å². The van der Waals surface area contributed by atoms with Gasteiger partial charge in [0.05, 0.1) is 23.6 Å². The summed E-state index contributed by atoms with van der Waals surface area (Å²) in [5.41, 5.74) is 3.29. The average molecular weight is 479 g/mol. The average Bonchev–Trinajstić information content (AvgIpc) is 2.82. The second kappa shape index (κ2) is 10.1. The zero-order chi connectivity index (χ0) is 24.3. The van der Waals surface area contributed by atoms with Crippen LogP contribution in [-0.2, 0) is 21.3 Å². The van der Waals surface area contributed by atoms with Gasteiger partial charge < -0.3 is 9.64 Å². The molecule has 6 nitrogen and oxygen atoms in total. The molecule has 0 unspecified atom stereocenters. The number of rotatable bonds is 6. The van der Waals surface area contributed by atoms with Crippen LogP contribution >= 0.6 is 0 Å². The summed E-state index contributed by atoms with van der Waals surface area (Å²) in [4.78, 5) is 15.5. The highest BCUT2D eigenvalue weighted by Crippen LogP contribution is 2.24. The summed E-state index contributed by atoms with van der Waals surface area (Å²) >= 11 is 0. The molecule has 1 amide bonds. The Morgan fingerprint density at radius 2 is 1.59 bits per heavy atom. The molecule has 0 spiro atoms. The summed E-state index contributed by atoms with van der Waals surface area (Å²) in [6, 6.07) is 23.8. The van der Waals surface area contributed by atoms with E-state index in [2.05, 4.69) is 0 Å². The number of nitrogens with zero attached hydrogens (tertiary/aromatic N) is 2. The van der Waals surface area contributed by atoms with Gasteiger partial charge in [-0.25, -0.2) is 8.42 Å². The largest absolute Gasteiger partial charge is 0.373 e. The Hall–Kier alpha value is -3.00. The van der Waals surface area contributed by atoms with Gasteiger partial charge in [-0.1, -0.05) is 42.5 Å². The minimum Gasteiger partial charge on any atom is -0.373 e. The van der Waals surface area contributed by atoms with E-state index in [0.717, 1.165) is 16.8 Å². The van der Waals surface area contributed by atoms with Gasteiger partial charge in [-0.15, -0.1) is 0 Å². The summed E-state index contributed by atoms with van der Waals surface area (Å²) in [6.07, 6.45) is -0.333. The quantitative estimate of drug-likeness (QED) is 0.518. The Kier molecular flexibility index (Phi) is 7.16. The fourth-order valence-corrected chi connectivity index (χ4v) is 5.83. The number of sulfonamides is 1. The zero-order valence-corrected chi connectivity index (χ0v) is 20.5. The maximum atomic E-state index is 13.6. The molecule has 2 atom stereocenters. The lowest BCUT2D eigenvalue weighted by Crippen LogP contribution is -2.48. The smallest absolute Gasteiger partial charge is 0.258 e. The lowest BCUT2D eigenvalue weighted by Gasteiger charge is -2.34. The van der Waals surface area contributed by atoms with Crippen LogP contribution in [0.15, 0.2) is 83.8 Å². The molecule has 178 valence electrons. The number of carbonyl (C=O) groups excluding carboxylic acids is 1. The molecular formula is C27H30N2O4S. The van der Waals surface area contributed by atoms with Crippen LogP contribution in [0.1, 0.15) is 35.3 Å². The first-order valence-corrected chi connectivity index (χ1v) is 12.9. The number of ether oxygens (including phenoxy) is 1. The molecule has 1 aliphatic heterocycles. The molecule has 0 N–H and O–H groups in total. The van der Waals surface area contributed by atoms with E-state index in [1.54, 1.807) is 17.0 Å². The number of hydrogen-bond donors (Lipinski definition) is 0. The van der Waals surface area contributed by atoms with E-state index in [-0.39, 0.29) is 23.0 Å². The molecule has 1 fully saturated rings. The number of carbonyl (C=O) groups is 1. The first-order chi connectivity index (χ1) is 16.2. The molecule has 1 aliphatic rings. The van der Waals surface area contributed by atoms with E-state index in [1.165, 1.54) is 16.4 Å². The topological polar surface area (TPSA) is 66.9 Å². The fourth-order valence-electron chi connectivity index (χ4n) is 4.24. The number of amides is 1. The maximum Gasteiger partial charge on any atom is 0.258 e. The third kappa shape index (κ3) is 5.38. The highest BCUT2D eigenvalue weighted by Gasteiger charge is 2.32. The van der Waals surface area contributed by atoms with Gasteiger partial charge in [-0.05, 0) is 68.3 Å². The highest BCUT2D eigenvalue weighted by molar-refractivity contribution is 7.89. The van der Waals surface area contributed by atoms with Crippen LogP contribution in [0.4, 0.5) is 5.69 Å². The van der Waals surface area contributed by atoms with Crippen LogP contribution in [0, 0.1) is 6.92 Å². The van der Waals surface area contributed by atoms with Crippen molar-refractivity contribution >= 4 is 21.6 Å². The summed E-state index contributed by atoms with van der Waals surface area (Å²) in [7, 11) is -3.67. The van der Waals surface area contributed by atoms with Gasteiger partial charge >= 0.3 is 0 Å². The maximum absolute atomic E-state index is 13.6. The minimum absolute atomic E-state index is 0.166. The fraction of sp³-hybridized carbons (Fsp3) is 0.296. The molecule has 0 bridgehead atoms. The minimum atomic E-state index is -3.67. The Bertz CT molecular complexity index is 1230. The molecule has 34 heavy (non-hydrogen) atoms. The predicted octanol–water partition coefficient (Wildman–Crippen LogP) is 4.64. The van der Waals surface area contributed by atoms with Crippen molar-refractivity contribution in [2.24, 2.45) is 0 Å². The zero-order valence-electron chi connectivity index (χ0n) is 19.7. The molecule has 3 aromatic carbocycles. The van der Waals surface area contributed by atoms with E-state index in [0.29, 0.717) is 25.2 Å². The lowest BCUT2D eigenvalue weighted by molar-refractivity contribution is -0.0440. The number of aryl methyl sites for hydroxylation is 1. The molecule has 0 aromatic heterocycles. The van der Waals surface area contributed by atoms with Crippen LogP contribution in [-0.4, -0.2) is 43.9 Å². The van der Waals surface area contributed by atoms with Crippen LogP contribution < -0.4 is 4.90 Å². The number of benzene rings is 3. The summed E-state index contributed by atoms with van der Waals surface area (Å²) in [6.45, 7) is 6.75. The Morgan fingerprint density at radius 1 is 0.941 bits per heavy atom. The second-order valence-electron chi connectivity index (χ2n) is 8.82.